The number of nitrogens with zero attached hydrogens (tertiary/aromatic N) is 3. The van der Waals surface area contributed by atoms with Gasteiger partial charge in [-0.2, -0.15) is 11.3 Å². The van der Waals surface area contributed by atoms with Crippen LogP contribution in [0.5, 0.6) is 0 Å². The van der Waals surface area contributed by atoms with Crippen LogP contribution in [0.3, 0.4) is 0 Å². The van der Waals surface area contributed by atoms with E-state index in [0.29, 0.717) is 6.04 Å². The largest absolute Gasteiger partial charge is 0.341 e. The molecule has 3 aromatic heterocycles. The predicted molar refractivity (Wildman–Crippen MR) is 158 cm³/mol. The lowest BCUT2D eigenvalue weighted by molar-refractivity contribution is 0.153. The summed E-state index contributed by atoms with van der Waals surface area (Å²) in [5, 5.41) is 8.00. The van der Waals surface area contributed by atoms with E-state index in [0.717, 1.165) is 49.3 Å². The SMILES string of the molecule is C.CC(NCc1ccc(CN(Cc2nc3ccccc3[nH]2)C2CCCc3cccnc32)cc1)c1ccsc1. The summed E-state index contributed by atoms with van der Waals surface area (Å²) in [4.78, 5) is 15.8. The van der Waals surface area contributed by atoms with Crippen LogP contribution in [0.4, 0.5) is 0 Å². The van der Waals surface area contributed by atoms with Gasteiger partial charge in [-0.3, -0.25) is 9.88 Å². The molecule has 5 aromatic rings. The van der Waals surface area contributed by atoms with Crippen LogP contribution in [0.15, 0.2) is 83.7 Å². The Morgan fingerprint density at radius 2 is 1.87 bits per heavy atom. The van der Waals surface area contributed by atoms with Crippen LogP contribution in [-0.2, 0) is 26.1 Å². The maximum atomic E-state index is 4.90. The molecule has 0 saturated carbocycles. The second-order valence-electron chi connectivity index (χ2n) is 10.0. The number of fused-ring (bicyclic) bond motifs is 2. The second-order valence-corrected chi connectivity index (χ2v) is 10.8. The Balaban J connectivity index is 0.00000294. The molecule has 6 heteroatoms. The average molecular weight is 524 g/mol. The van der Waals surface area contributed by atoms with Gasteiger partial charge >= 0.3 is 0 Å². The smallest absolute Gasteiger partial charge is 0.121 e. The summed E-state index contributed by atoms with van der Waals surface area (Å²) in [5.74, 6) is 1.01. The summed E-state index contributed by atoms with van der Waals surface area (Å²) in [6.07, 6.45) is 5.36. The number of pyridine rings is 1. The number of benzene rings is 2. The monoisotopic (exact) mass is 523 g/mol. The number of nitrogens with one attached hydrogen (secondary N) is 2. The third-order valence-electron chi connectivity index (χ3n) is 7.46. The lowest BCUT2D eigenvalue weighted by Gasteiger charge is -2.34. The first-order valence-electron chi connectivity index (χ1n) is 13.2. The second kappa shape index (κ2) is 12.0. The molecule has 0 amide bonds. The van der Waals surface area contributed by atoms with Gasteiger partial charge in [-0.05, 0) is 83.5 Å². The zero-order chi connectivity index (χ0) is 25.0. The van der Waals surface area contributed by atoms with Crippen LogP contribution in [0, 0.1) is 0 Å². The Morgan fingerprint density at radius 3 is 2.68 bits per heavy atom. The summed E-state index contributed by atoms with van der Waals surface area (Å²) >= 11 is 1.75. The molecule has 0 fully saturated rings. The zero-order valence-corrected chi connectivity index (χ0v) is 22.0. The Labute approximate surface area is 230 Å². The number of H-pyrrole nitrogens is 1. The Bertz CT molecular complexity index is 1410. The van der Waals surface area contributed by atoms with Gasteiger partial charge in [-0.1, -0.05) is 49.9 Å². The van der Waals surface area contributed by atoms with Crippen molar-refractivity contribution in [2.45, 2.75) is 65.3 Å². The molecule has 5 nitrogen and oxygen atoms in total. The summed E-state index contributed by atoms with van der Waals surface area (Å²) in [5.41, 5.74) is 8.70. The molecule has 2 atom stereocenters. The van der Waals surface area contributed by atoms with Crippen molar-refractivity contribution in [1.82, 2.24) is 25.2 Å². The lowest BCUT2D eigenvalue weighted by atomic mass is 9.90. The standard InChI is InChI=1S/C31H33N5S.CH4/c1-22(26-15-17-37-21-26)33-18-23-11-13-24(14-12-23)19-36(20-30-34-27-8-2-3-9-28(27)35-30)29-10-4-6-25-7-5-16-32-31(25)29;/h2-3,5,7-9,11-17,21-22,29,33H,4,6,10,18-20H2,1H3,(H,34,35);1H4. The third-order valence-corrected chi connectivity index (χ3v) is 8.16. The molecular formula is C32H37N5S. The van der Waals surface area contributed by atoms with Gasteiger partial charge in [0, 0.05) is 25.3 Å². The number of imidazole rings is 1. The topological polar surface area (TPSA) is 56.8 Å². The molecular weight excluding hydrogens is 486 g/mol. The fourth-order valence-electron chi connectivity index (χ4n) is 5.40. The molecule has 6 rings (SSSR count). The molecule has 0 bridgehead atoms. The maximum absolute atomic E-state index is 4.90. The van der Waals surface area contributed by atoms with Gasteiger partial charge in [0.05, 0.1) is 29.3 Å². The Morgan fingerprint density at radius 1 is 1.03 bits per heavy atom. The molecule has 196 valence electrons. The van der Waals surface area contributed by atoms with Crippen molar-refractivity contribution >= 4 is 22.4 Å². The van der Waals surface area contributed by atoms with Gasteiger partial charge in [0.1, 0.15) is 5.82 Å². The summed E-state index contributed by atoms with van der Waals surface area (Å²) in [6.45, 7) is 4.70. The number of aromatic nitrogens is 3. The molecule has 2 N–H and O–H groups in total. The van der Waals surface area contributed by atoms with Crippen LogP contribution in [-0.4, -0.2) is 19.9 Å². The molecule has 2 aromatic carbocycles. The Hall–Kier alpha value is -3.32. The molecule has 0 spiro atoms. The van der Waals surface area contributed by atoms with Gasteiger partial charge in [0.2, 0.25) is 0 Å². The van der Waals surface area contributed by atoms with Crippen molar-refractivity contribution < 1.29 is 0 Å². The van der Waals surface area contributed by atoms with E-state index in [1.54, 1.807) is 11.3 Å². The zero-order valence-electron chi connectivity index (χ0n) is 21.2. The highest BCUT2D eigenvalue weighted by molar-refractivity contribution is 7.07. The van der Waals surface area contributed by atoms with E-state index in [4.69, 9.17) is 9.97 Å². The molecule has 1 aliphatic carbocycles. The predicted octanol–water partition coefficient (Wildman–Crippen LogP) is 7.59. The minimum absolute atomic E-state index is 0. The minimum atomic E-state index is 0. The van der Waals surface area contributed by atoms with E-state index in [9.17, 15) is 0 Å². The molecule has 0 saturated heterocycles. The third kappa shape index (κ3) is 5.88. The maximum Gasteiger partial charge on any atom is 0.121 e. The van der Waals surface area contributed by atoms with Gasteiger partial charge in [0.25, 0.3) is 0 Å². The van der Waals surface area contributed by atoms with Gasteiger partial charge in [-0.15, -0.1) is 0 Å². The highest BCUT2D eigenvalue weighted by atomic mass is 32.1. The Kier molecular flexibility index (Phi) is 8.32. The number of rotatable bonds is 9. The van der Waals surface area contributed by atoms with E-state index >= 15 is 0 Å². The van der Waals surface area contributed by atoms with Crippen LogP contribution in [0.2, 0.25) is 0 Å². The van der Waals surface area contributed by atoms with E-state index < -0.39 is 0 Å². The van der Waals surface area contributed by atoms with Gasteiger partial charge in [0.15, 0.2) is 0 Å². The van der Waals surface area contributed by atoms with Crippen LogP contribution >= 0.6 is 11.3 Å². The molecule has 0 aliphatic heterocycles. The molecule has 3 heterocycles. The number of hydrogen-bond acceptors (Lipinski definition) is 5. The molecule has 0 radical (unpaired) electrons. The van der Waals surface area contributed by atoms with Crippen LogP contribution in [0.25, 0.3) is 11.0 Å². The van der Waals surface area contributed by atoms with Crippen molar-refractivity contribution in [3.63, 3.8) is 0 Å². The highest BCUT2D eigenvalue weighted by Crippen LogP contribution is 2.34. The average Bonchev–Trinajstić information content (AvgIpc) is 3.62. The van der Waals surface area contributed by atoms with E-state index in [1.807, 2.05) is 12.3 Å². The summed E-state index contributed by atoms with van der Waals surface area (Å²) < 4.78 is 0. The van der Waals surface area contributed by atoms with Crippen LogP contribution in [0.1, 0.15) is 73.0 Å². The van der Waals surface area contributed by atoms with E-state index in [1.165, 1.54) is 34.4 Å². The first-order valence-corrected chi connectivity index (χ1v) is 14.1. The molecule has 1 aliphatic rings. The normalized spacial score (nSPS) is 15.8. The van der Waals surface area contributed by atoms with E-state index in [-0.39, 0.29) is 13.5 Å². The quantitative estimate of drug-likeness (QED) is 0.209. The number of aryl methyl sites for hydroxylation is 1. The van der Waals surface area contributed by atoms with Crippen molar-refractivity contribution in [2.75, 3.05) is 0 Å². The number of thiophene rings is 1. The first kappa shape index (κ1) is 26.3. The van der Waals surface area contributed by atoms with Crippen molar-refractivity contribution in [3.05, 3.63) is 117 Å². The number of aromatic amines is 1. The van der Waals surface area contributed by atoms with Crippen molar-refractivity contribution in [2.24, 2.45) is 0 Å². The van der Waals surface area contributed by atoms with E-state index in [2.05, 4.69) is 93.5 Å². The molecule has 38 heavy (non-hydrogen) atoms. The fraction of sp³-hybridized carbons (Fsp3) is 0.312. The van der Waals surface area contributed by atoms with Gasteiger partial charge < -0.3 is 10.3 Å². The van der Waals surface area contributed by atoms with Crippen molar-refractivity contribution in [1.29, 1.82) is 0 Å². The lowest BCUT2D eigenvalue weighted by Crippen LogP contribution is -2.31. The van der Waals surface area contributed by atoms with Crippen LogP contribution < -0.4 is 5.32 Å². The fourth-order valence-corrected chi connectivity index (χ4v) is 6.15. The number of hydrogen-bond donors (Lipinski definition) is 2. The van der Waals surface area contributed by atoms with Gasteiger partial charge in [-0.25, -0.2) is 4.98 Å². The minimum Gasteiger partial charge on any atom is -0.341 e. The summed E-state index contributed by atoms with van der Waals surface area (Å²) in [7, 11) is 0. The first-order chi connectivity index (χ1) is 18.2. The summed E-state index contributed by atoms with van der Waals surface area (Å²) in [6, 6.07) is 24.5. The van der Waals surface area contributed by atoms with Crippen molar-refractivity contribution in [3.8, 4) is 0 Å². The highest BCUT2D eigenvalue weighted by Gasteiger charge is 2.28. The number of para-hydroxylation sites is 2. The molecule has 2 unspecified atom stereocenters.